The molecular formula is C30H26BO3. The molecule has 3 nitrogen and oxygen atoms in total. The number of aliphatic hydroxyl groups is 1. The second kappa shape index (κ2) is 7.33. The summed E-state index contributed by atoms with van der Waals surface area (Å²) in [6.07, 6.45) is 0. The molecule has 1 N–H and O–H groups in total. The Morgan fingerprint density at radius 2 is 1.41 bits per heavy atom. The normalized spacial score (nSPS) is 13.0. The van der Waals surface area contributed by atoms with Crippen LogP contribution in [-0.4, -0.2) is 23.8 Å². The summed E-state index contributed by atoms with van der Waals surface area (Å²) in [5.41, 5.74) is 1.12. The van der Waals surface area contributed by atoms with Crippen LogP contribution in [0.3, 0.4) is 0 Å². The first-order chi connectivity index (χ1) is 16.2. The van der Waals surface area contributed by atoms with E-state index in [0.29, 0.717) is 0 Å². The Hall–Kier alpha value is -3.34. The molecule has 0 aliphatic heterocycles. The Morgan fingerprint density at radius 3 is 2.24 bits per heavy atom. The zero-order chi connectivity index (χ0) is 23.7. The molecule has 0 saturated heterocycles. The molecule has 167 valence electrons. The fourth-order valence-electron chi connectivity index (χ4n) is 4.60. The standard InChI is InChI=1S/C30H26BO3/c1-29(2,32)30(3,4)34-31-21-13-15-22-20(17-21)10-9-19-12-16-25-27(26(19)22)24-14-11-18-7-5-6-8-23(18)28(24)33-25/h5-17,32H,1-4H3. The highest BCUT2D eigenvalue weighted by Gasteiger charge is 2.35. The van der Waals surface area contributed by atoms with E-state index in [2.05, 4.69) is 78.9 Å². The van der Waals surface area contributed by atoms with Gasteiger partial charge in [0.25, 0.3) is 0 Å². The van der Waals surface area contributed by atoms with Crippen molar-refractivity contribution in [3.8, 4) is 0 Å². The van der Waals surface area contributed by atoms with Gasteiger partial charge in [-0.2, -0.15) is 0 Å². The summed E-state index contributed by atoms with van der Waals surface area (Å²) in [4.78, 5) is 0. The van der Waals surface area contributed by atoms with Gasteiger partial charge in [-0.05, 0) is 61.4 Å². The minimum atomic E-state index is -0.964. The second-order valence-electron chi connectivity index (χ2n) is 10.2. The van der Waals surface area contributed by atoms with E-state index in [0.717, 1.165) is 38.2 Å². The maximum absolute atomic E-state index is 10.4. The lowest BCUT2D eigenvalue weighted by molar-refractivity contribution is -0.0893. The number of fused-ring (bicyclic) bond motifs is 9. The fourth-order valence-corrected chi connectivity index (χ4v) is 4.60. The molecule has 0 unspecified atom stereocenters. The monoisotopic (exact) mass is 445 g/mol. The van der Waals surface area contributed by atoms with Crippen LogP contribution in [0.5, 0.6) is 0 Å². The highest BCUT2D eigenvalue weighted by Crippen LogP contribution is 2.40. The van der Waals surface area contributed by atoms with Crippen molar-refractivity contribution in [1.29, 1.82) is 0 Å². The minimum Gasteiger partial charge on any atom is -0.455 e. The van der Waals surface area contributed by atoms with Crippen LogP contribution in [0, 0.1) is 0 Å². The van der Waals surface area contributed by atoms with Gasteiger partial charge in [0.05, 0.1) is 11.2 Å². The van der Waals surface area contributed by atoms with E-state index < -0.39 is 11.2 Å². The van der Waals surface area contributed by atoms with Crippen molar-refractivity contribution < 1.29 is 14.2 Å². The molecule has 0 amide bonds. The van der Waals surface area contributed by atoms with Crippen molar-refractivity contribution >= 4 is 67.2 Å². The maximum Gasteiger partial charge on any atom is 0.330 e. The second-order valence-corrected chi connectivity index (χ2v) is 10.2. The lowest BCUT2D eigenvalue weighted by Crippen LogP contribution is -2.49. The molecule has 6 aromatic rings. The van der Waals surface area contributed by atoms with Crippen LogP contribution < -0.4 is 5.46 Å². The van der Waals surface area contributed by atoms with Crippen LogP contribution >= 0.6 is 0 Å². The first kappa shape index (κ1) is 21.2. The third-order valence-corrected chi connectivity index (χ3v) is 7.31. The van der Waals surface area contributed by atoms with E-state index >= 15 is 0 Å². The van der Waals surface area contributed by atoms with Gasteiger partial charge in [0.2, 0.25) is 0 Å². The van der Waals surface area contributed by atoms with E-state index in [9.17, 15) is 5.11 Å². The molecule has 6 rings (SSSR count). The third kappa shape index (κ3) is 3.21. The zero-order valence-corrected chi connectivity index (χ0v) is 19.8. The molecule has 0 spiro atoms. The van der Waals surface area contributed by atoms with Crippen LogP contribution in [0.4, 0.5) is 0 Å². The maximum atomic E-state index is 10.4. The van der Waals surface area contributed by atoms with Gasteiger partial charge in [-0.3, -0.25) is 0 Å². The Kier molecular flexibility index (Phi) is 4.57. The third-order valence-electron chi connectivity index (χ3n) is 7.31. The topological polar surface area (TPSA) is 42.6 Å². The van der Waals surface area contributed by atoms with Gasteiger partial charge >= 0.3 is 7.48 Å². The first-order valence-corrected chi connectivity index (χ1v) is 11.7. The minimum absolute atomic E-state index is 0.712. The Bertz CT molecular complexity index is 1720. The van der Waals surface area contributed by atoms with Crippen molar-refractivity contribution in [2.45, 2.75) is 38.9 Å². The molecule has 34 heavy (non-hydrogen) atoms. The van der Waals surface area contributed by atoms with E-state index in [1.54, 1.807) is 21.3 Å². The lowest BCUT2D eigenvalue weighted by atomic mass is 9.81. The molecule has 0 fully saturated rings. The van der Waals surface area contributed by atoms with Crippen molar-refractivity contribution in [3.63, 3.8) is 0 Å². The fraction of sp³-hybridized carbons (Fsp3) is 0.200. The van der Waals surface area contributed by atoms with Crippen molar-refractivity contribution in [2.75, 3.05) is 0 Å². The van der Waals surface area contributed by atoms with Gasteiger partial charge in [-0.1, -0.05) is 72.2 Å². The van der Waals surface area contributed by atoms with Crippen LogP contribution in [-0.2, 0) is 4.65 Å². The molecule has 1 radical (unpaired) electrons. The number of benzene rings is 5. The van der Waals surface area contributed by atoms with Crippen LogP contribution in [0.2, 0.25) is 0 Å². The van der Waals surface area contributed by atoms with Gasteiger partial charge in [0.15, 0.2) is 0 Å². The Labute approximate surface area is 199 Å². The summed E-state index contributed by atoms with van der Waals surface area (Å²) in [5.74, 6) is 0. The molecule has 1 aromatic heterocycles. The van der Waals surface area contributed by atoms with Crippen molar-refractivity contribution in [2.24, 2.45) is 0 Å². The van der Waals surface area contributed by atoms with Crippen molar-refractivity contribution in [3.05, 3.63) is 78.9 Å². The highest BCUT2D eigenvalue weighted by atomic mass is 16.5. The van der Waals surface area contributed by atoms with Crippen molar-refractivity contribution in [1.82, 2.24) is 0 Å². The summed E-state index contributed by atoms with van der Waals surface area (Å²) in [6, 6.07) is 27.6. The number of rotatable bonds is 4. The molecule has 0 aliphatic carbocycles. The van der Waals surface area contributed by atoms with E-state index in [1.165, 1.54) is 21.5 Å². The van der Waals surface area contributed by atoms with E-state index in [1.807, 2.05) is 13.8 Å². The average Bonchev–Trinajstić information content (AvgIpc) is 3.21. The summed E-state index contributed by atoms with van der Waals surface area (Å²) in [7, 11) is 1.74. The molecule has 5 aromatic carbocycles. The van der Waals surface area contributed by atoms with E-state index in [4.69, 9.17) is 9.07 Å². The van der Waals surface area contributed by atoms with Gasteiger partial charge in [0, 0.05) is 21.5 Å². The van der Waals surface area contributed by atoms with Crippen LogP contribution in [0.1, 0.15) is 27.7 Å². The van der Waals surface area contributed by atoms with Crippen LogP contribution in [0.15, 0.2) is 83.3 Å². The molecule has 1 heterocycles. The van der Waals surface area contributed by atoms with Gasteiger partial charge in [-0.15, -0.1) is 0 Å². The lowest BCUT2D eigenvalue weighted by Gasteiger charge is -2.37. The summed E-state index contributed by atoms with van der Waals surface area (Å²) in [6.45, 7) is 7.30. The molecule has 0 saturated carbocycles. The average molecular weight is 445 g/mol. The zero-order valence-electron chi connectivity index (χ0n) is 19.8. The number of furan rings is 1. The Morgan fingerprint density at radius 1 is 0.706 bits per heavy atom. The molecule has 0 aliphatic rings. The molecule has 0 bridgehead atoms. The molecule has 4 heteroatoms. The van der Waals surface area contributed by atoms with E-state index in [-0.39, 0.29) is 0 Å². The number of hydrogen-bond donors (Lipinski definition) is 1. The van der Waals surface area contributed by atoms with Gasteiger partial charge in [-0.25, -0.2) is 0 Å². The smallest absolute Gasteiger partial charge is 0.330 e. The first-order valence-electron chi connectivity index (χ1n) is 11.7. The SMILES string of the molecule is CC(C)(O)C(C)(C)O[B]c1ccc2c(ccc3ccc4oc5c6ccccc6ccc5c4c32)c1. The van der Waals surface area contributed by atoms with Gasteiger partial charge in [0.1, 0.15) is 11.2 Å². The molecular weight excluding hydrogens is 419 g/mol. The largest absolute Gasteiger partial charge is 0.455 e. The summed E-state index contributed by atoms with van der Waals surface area (Å²) < 4.78 is 12.4. The predicted molar refractivity (Wildman–Crippen MR) is 143 cm³/mol. The quantitative estimate of drug-likeness (QED) is 0.238. The summed E-state index contributed by atoms with van der Waals surface area (Å²) in [5, 5.41) is 19.7. The number of hydrogen-bond acceptors (Lipinski definition) is 3. The predicted octanol–water partition coefficient (Wildman–Crippen LogP) is 6.86. The van der Waals surface area contributed by atoms with Crippen LogP contribution in [0.25, 0.3) is 54.3 Å². The molecule has 0 atom stereocenters. The highest BCUT2D eigenvalue weighted by molar-refractivity contribution is 6.47. The van der Waals surface area contributed by atoms with Gasteiger partial charge < -0.3 is 14.2 Å². The summed E-state index contributed by atoms with van der Waals surface area (Å²) >= 11 is 0. The Balaban J connectivity index is 1.54.